The number of rotatable bonds is 13. The highest BCUT2D eigenvalue weighted by Crippen LogP contribution is 2.37. The van der Waals surface area contributed by atoms with Gasteiger partial charge in [0.15, 0.2) is 0 Å². The van der Waals surface area contributed by atoms with Crippen molar-refractivity contribution in [3.05, 3.63) is 75.1 Å². The number of nitrogens with two attached hydrogens (primary N) is 2. The van der Waals surface area contributed by atoms with Gasteiger partial charge in [0, 0.05) is 49.9 Å². The Kier molecular flexibility index (Phi) is 9.88. The van der Waals surface area contributed by atoms with E-state index in [9.17, 15) is 24.5 Å². The van der Waals surface area contributed by atoms with Crippen LogP contribution < -0.4 is 31.7 Å². The van der Waals surface area contributed by atoms with Crippen molar-refractivity contribution in [1.82, 2.24) is 19.3 Å². The van der Waals surface area contributed by atoms with Gasteiger partial charge in [-0.05, 0) is 38.1 Å². The smallest absolute Gasteiger partial charge is 0.295 e. The van der Waals surface area contributed by atoms with Gasteiger partial charge in [-0.3, -0.25) is 34.5 Å². The van der Waals surface area contributed by atoms with E-state index in [0.717, 1.165) is 6.07 Å². The molecule has 0 atom stereocenters. The molecule has 3 amide bonds. The second kappa shape index (κ2) is 14.2. The van der Waals surface area contributed by atoms with E-state index >= 15 is 0 Å². The van der Waals surface area contributed by atoms with Crippen LogP contribution in [-0.4, -0.2) is 81.9 Å². The molecule has 0 spiro atoms. The van der Waals surface area contributed by atoms with Crippen LogP contribution >= 0.6 is 0 Å². The van der Waals surface area contributed by atoms with Gasteiger partial charge < -0.3 is 35.7 Å². The third kappa shape index (κ3) is 6.90. The van der Waals surface area contributed by atoms with E-state index in [1.165, 1.54) is 25.3 Å². The molecule has 252 valence electrons. The van der Waals surface area contributed by atoms with Crippen LogP contribution in [0.1, 0.15) is 43.8 Å². The Morgan fingerprint density at radius 1 is 1.08 bits per heavy atom. The maximum Gasteiger partial charge on any atom is 0.295 e. The number of carbonyl (C=O) groups is 3. The minimum Gasteiger partial charge on any atom is -0.494 e. The fraction of sp³-hybridized carbons (Fsp3) is 0.323. The Balaban J connectivity index is 1.46. The molecule has 48 heavy (non-hydrogen) atoms. The minimum atomic E-state index is -0.776. The summed E-state index contributed by atoms with van der Waals surface area (Å²) in [5.74, 6) is -1.38. The fourth-order valence-corrected chi connectivity index (χ4v) is 5.49. The van der Waals surface area contributed by atoms with Crippen LogP contribution in [0, 0.1) is 17.0 Å². The maximum atomic E-state index is 13.4. The Hall–Kier alpha value is -5.97. The first-order valence-electron chi connectivity index (χ1n) is 15.1. The number of ether oxygens (including phenoxy) is 2. The van der Waals surface area contributed by atoms with Gasteiger partial charge in [0.1, 0.15) is 22.6 Å². The fourth-order valence-electron chi connectivity index (χ4n) is 5.49. The number of nitro groups is 1. The number of morpholine rings is 1. The van der Waals surface area contributed by atoms with Gasteiger partial charge in [0.2, 0.25) is 17.8 Å². The lowest BCUT2D eigenvalue weighted by Crippen LogP contribution is -2.37. The number of allylic oxidation sites excluding steroid dienone is 1. The number of carbonyl (C=O) groups excluding carboxylic acids is 3. The molecule has 6 N–H and O–H groups in total. The van der Waals surface area contributed by atoms with Crippen molar-refractivity contribution in [2.24, 2.45) is 11.5 Å². The predicted molar refractivity (Wildman–Crippen MR) is 178 cm³/mol. The van der Waals surface area contributed by atoms with Crippen molar-refractivity contribution in [3.8, 4) is 5.75 Å². The zero-order valence-electron chi connectivity index (χ0n) is 26.7. The van der Waals surface area contributed by atoms with Crippen LogP contribution in [0.25, 0.3) is 11.0 Å². The molecule has 4 aromatic rings. The summed E-state index contributed by atoms with van der Waals surface area (Å²) in [5.41, 5.74) is 13.5. The molecule has 1 aliphatic rings. The molecule has 0 aliphatic carbocycles. The number of nitrogens with one attached hydrogen (secondary N) is 2. The molecule has 2 aromatic heterocycles. The number of anilines is 3. The van der Waals surface area contributed by atoms with Gasteiger partial charge in [-0.25, -0.2) is 4.98 Å². The van der Waals surface area contributed by atoms with Crippen LogP contribution in [-0.2, 0) is 17.8 Å². The number of hydrogen-bond donors (Lipinski definition) is 4. The molecule has 1 fully saturated rings. The Morgan fingerprint density at radius 2 is 1.79 bits per heavy atom. The average Bonchev–Trinajstić information content (AvgIpc) is 3.63. The van der Waals surface area contributed by atoms with E-state index in [-0.39, 0.29) is 41.5 Å². The van der Waals surface area contributed by atoms with Gasteiger partial charge >= 0.3 is 0 Å². The van der Waals surface area contributed by atoms with E-state index in [1.807, 2.05) is 11.8 Å². The van der Waals surface area contributed by atoms with Crippen molar-refractivity contribution in [2.75, 3.05) is 55.5 Å². The molecule has 17 heteroatoms. The van der Waals surface area contributed by atoms with Crippen molar-refractivity contribution >= 4 is 51.8 Å². The molecular weight excluding hydrogens is 624 g/mol. The first-order chi connectivity index (χ1) is 23.0. The highest BCUT2D eigenvalue weighted by Gasteiger charge is 2.26. The van der Waals surface area contributed by atoms with Gasteiger partial charge in [-0.2, -0.15) is 5.10 Å². The second-order valence-corrected chi connectivity index (χ2v) is 10.9. The SMILES string of the molecule is CCn1nc(C)cc1C(=O)Nc1nc2cc(C(N)=O)cc(OC)c2n1CC=CCNc1c(N2CCOCC2)cc(C(N)=O)cc1[N+](=O)[O-]. The number of benzene rings is 2. The number of methoxy groups -OCH3 is 1. The van der Waals surface area contributed by atoms with Gasteiger partial charge in [0.05, 0.1) is 42.1 Å². The number of nitro benzene ring substituents is 1. The minimum absolute atomic E-state index is 0.0245. The van der Waals surface area contributed by atoms with E-state index in [4.69, 9.17) is 20.9 Å². The summed E-state index contributed by atoms with van der Waals surface area (Å²) in [6, 6.07) is 7.38. The van der Waals surface area contributed by atoms with Crippen molar-refractivity contribution in [1.29, 1.82) is 0 Å². The Bertz CT molecular complexity index is 1920. The highest BCUT2D eigenvalue weighted by molar-refractivity contribution is 6.04. The Morgan fingerprint density at radius 3 is 2.44 bits per heavy atom. The predicted octanol–water partition coefficient (Wildman–Crippen LogP) is 2.43. The van der Waals surface area contributed by atoms with Gasteiger partial charge in [-0.15, -0.1) is 0 Å². The number of nitrogens with zero attached hydrogens (tertiary/aromatic N) is 6. The van der Waals surface area contributed by atoms with E-state index in [2.05, 4.69) is 20.7 Å². The van der Waals surface area contributed by atoms with E-state index in [1.54, 1.807) is 34.4 Å². The number of aryl methyl sites for hydroxylation is 2. The van der Waals surface area contributed by atoms with Crippen LogP contribution in [0.3, 0.4) is 0 Å². The summed E-state index contributed by atoms with van der Waals surface area (Å²) in [7, 11) is 1.44. The summed E-state index contributed by atoms with van der Waals surface area (Å²) < 4.78 is 14.3. The quantitative estimate of drug-likeness (QED) is 0.0925. The first-order valence-corrected chi connectivity index (χ1v) is 15.1. The molecule has 0 radical (unpaired) electrons. The first kappa shape index (κ1) is 33.4. The number of amides is 3. The van der Waals surface area contributed by atoms with Crippen molar-refractivity contribution in [2.45, 2.75) is 26.9 Å². The largest absolute Gasteiger partial charge is 0.494 e. The lowest BCUT2D eigenvalue weighted by molar-refractivity contribution is -0.383. The zero-order valence-corrected chi connectivity index (χ0v) is 26.7. The summed E-state index contributed by atoms with van der Waals surface area (Å²) in [4.78, 5) is 55.3. The van der Waals surface area contributed by atoms with Crippen molar-refractivity contribution in [3.63, 3.8) is 0 Å². The van der Waals surface area contributed by atoms with E-state index in [0.29, 0.717) is 66.7 Å². The molecule has 17 nitrogen and oxygen atoms in total. The summed E-state index contributed by atoms with van der Waals surface area (Å²) in [6.45, 7) is 6.30. The van der Waals surface area contributed by atoms with Crippen molar-refractivity contribution < 1.29 is 28.8 Å². The Labute approximate surface area is 274 Å². The second-order valence-electron chi connectivity index (χ2n) is 10.9. The molecule has 2 aromatic carbocycles. The molecule has 0 saturated carbocycles. The molecule has 0 bridgehead atoms. The molecule has 1 aliphatic heterocycles. The standard InChI is InChI=1S/C31H36N10O7/c1-4-40-24(13-18(2)37-40)30(44)36-31-35-21-14-19(28(32)42)17-25(47-3)27(21)39(31)8-6-5-7-34-26-22(38-9-11-48-12-10-38)15-20(29(33)43)16-23(26)41(45)46/h5-6,13-17,34H,4,7-12H2,1-3H3,(H2,32,42)(H2,33,43)(H,35,36,44). The van der Waals surface area contributed by atoms with E-state index < -0.39 is 22.6 Å². The number of imidazole rings is 1. The number of aromatic nitrogens is 4. The number of primary amides is 2. The highest BCUT2D eigenvalue weighted by atomic mass is 16.6. The third-order valence-corrected chi connectivity index (χ3v) is 7.75. The van der Waals surface area contributed by atoms with Gasteiger partial charge in [0.25, 0.3) is 11.6 Å². The molecule has 0 unspecified atom stereocenters. The van der Waals surface area contributed by atoms with Crippen LogP contribution in [0.2, 0.25) is 0 Å². The third-order valence-electron chi connectivity index (χ3n) is 7.75. The molecular formula is C31H36N10O7. The van der Waals surface area contributed by atoms with Crippen LogP contribution in [0.15, 0.2) is 42.5 Å². The summed E-state index contributed by atoms with van der Waals surface area (Å²) in [5, 5.41) is 22.4. The lowest BCUT2D eigenvalue weighted by Gasteiger charge is -2.30. The monoisotopic (exact) mass is 660 g/mol. The number of fused-ring (bicyclic) bond motifs is 1. The molecule has 3 heterocycles. The van der Waals surface area contributed by atoms with Crippen LogP contribution in [0.4, 0.5) is 23.0 Å². The zero-order chi connectivity index (χ0) is 34.5. The normalized spacial score (nSPS) is 13.2. The lowest BCUT2D eigenvalue weighted by atomic mass is 10.1. The summed E-state index contributed by atoms with van der Waals surface area (Å²) >= 11 is 0. The average molecular weight is 661 g/mol. The molecule has 5 rings (SSSR count). The topological polar surface area (TPSA) is 228 Å². The number of hydrogen-bond acceptors (Lipinski definition) is 11. The maximum absolute atomic E-state index is 13.4. The summed E-state index contributed by atoms with van der Waals surface area (Å²) in [6.07, 6.45) is 3.54. The van der Waals surface area contributed by atoms with Gasteiger partial charge in [-0.1, -0.05) is 12.2 Å². The molecule has 1 saturated heterocycles. The van der Waals surface area contributed by atoms with Crippen LogP contribution in [0.5, 0.6) is 5.75 Å².